The van der Waals surface area contributed by atoms with E-state index in [9.17, 15) is 19.1 Å². The van der Waals surface area contributed by atoms with E-state index >= 15 is 0 Å². The van der Waals surface area contributed by atoms with Gasteiger partial charge in [-0.2, -0.15) is 0 Å². The number of carbonyl (C=O) groups is 2. The maximum atomic E-state index is 14.2. The molecule has 142 valence electrons. The van der Waals surface area contributed by atoms with Crippen LogP contribution in [0.25, 0.3) is 0 Å². The second kappa shape index (κ2) is 7.58. The Balaban J connectivity index is 1.90. The molecule has 1 aliphatic carbocycles. The van der Waals surface area contributed by atoms with Crippen LogP contribution in [0.5, 0.6) is 0 Å². The summed E-state index contributed by atoms with van der Waals surface area (Å²) in [5, 5.41) is 13.7. The van der Waals surface area contributed by atoms with Crippen molar-refractivity contribution >= 4 is 41.1 Å². The molecule has 0 saturated heterocycles. The number of halogens is 3. The summed E-state index contributed by atoms with van der Waals surface area (Å²) in [5.74, 6) is -0.624. The molecule has 1 aliphatic rings. The van der Waals surface area contributed by atoms with Gasteiger partial charge in [0.2, 0.25) is 6.41 Å². The highest BCUT2D eigenvalue weighted by Crippen LogP contribution is 2.42. The summed E-state index contributed by atoms with van der Waals surface area (Å²) in [4.78, 5) is 23.5. The van der Waals surface area contributed by atoms with Gasteiger partial charge in [0, 0.05) is 22.6 Å². The minimum absolute atomic E-state index is 0.132. The average molecular weight is 410 g/mol. The van der Waals surface area contributed by atoms with Crippen LogP contribution in [0.15, 0.2) is 30.3 Å². The number of anilines is 1. The van der Waals surface area contributed by atoms with Crippen LogP contribution in [0.4, 0.5) is 10.1 Å². The van der Waals surface area contributed by atoms with Crippen molar-refractivity contribution < 1.29 is 19.1 Å². The Bertz CT molecular complexity index is 910. The van der Waals surface area contributed by atoms with Crippen molar-refractivity contribution in [2.24, 2.45) is 0 Å². The minimum Gasteiger partial charge on any atom is -0.385 e. The molecule has 1 unspecified atom stereocenters. The lowest BCUT2D eigenvalue weighted by Crippen LogP contribution is -2.27. The van der Waals surface area contributed by atoms with E-state index in [1.165, 1.54) is 25.1 Å². The first-order valence-corrected chi connectivity index (χ1v) is 9.24. The number of hydrogen-bond donors (Lipinski definition) is 2. The van der Waals surface area contributed by atoms with Crippen molar-refractivity contribution in [2.45, 2.75) is 37.7 Å². The summed E-state index contributed by atoms with van der Waals surface area (Å²) in [6.07, 6.45) is 1.96. The second-order valence-electron chi connectivity index (χ2n) is 6.93. The monoisotopic (exact) mass is 409 g/mol. The third-order valence-corrected chi connectivity index (χ3v) is 5.32. The summed E-state index contributed by atoms with van der Waals surface area (Å²) < 4.78 is 14.2. The summed E-state index contributed by atoms with van der Waals surface area (Å²) in [5.41, 5.74) is -0.677. The molecule has 0 heterocycles. The van der Waals surface area contributed by atoms with Crippen molar-refractivity contribution in [3.05, 3.63) is 62.9 Å². The molecule has 0 aromatic heterocycles. The third-order valence-electron chi connectivity index (χ3n) is 4.69. The van der Waals surface area contributed by atoms with Gasteiger partial charge in [-0.3, -0.25) is 9.59 Å². The summed E-state index contributed by atoms with van der Waals surface area (Å²) in [7, 11) is 0. The van der Waals surface area contributed by atoms with Crippen LogP contribution in [0.2, 0.25) is 10.0 Å². The van der Waals surface area contributed by atoms with Gasteiger partial charge in [0.15, 0.2) is 5.78 Å². The fourth-order valence-corrected chi connectivity index (χ4v) is 3.78. The Kier molecular flexibility index (Phi) is 5.56. The van der Waals surface area contributed by atoms with Crippen LogP contribution in [-0.4, -0.2) is 17.3 Å². The predicted octanol–water partition coefficient (Wildman–Crippen LogP) is 5.06. The van der Waals surface area contributed by atoms with Crippen molar-refractivity contribution in [2.75, 3.05) is 5.32 Å². The van der Waals surface area contributed by atoms with Gasteiger partial charge in [0.1, 0.15) is 5.82 Å². The molecule has 1 fully saturated rings. The fourth-order valence-electron chi connectivity index (χ4n) is 3.21. The van der Waals surface area contributed by atoms with E-state index in [0.29, 0.717) is 12.0 Å². The molecule has 2 aromatic carbocycles. The molecule has 2 aromatic rings. The van der Waals surface area contributed by atoms with Crippen LogP contribution in [-0.2, 0) is 10.4 Å². The van der Waals surface area contributed by atoms with E-state index in [1.807, 2.05) is 0 Å². The van der Waals surface area contributed by atoms with Crippen molar-refractivity contribution in [3.63, 3.8) is 0 Å². The van der Waals surface area contributed by atoms with Gasteiger partial charge in [0.25, 0.3) is 0 Å². The molecule has 27 heavy (non-hydrogen) atoms. The minimum atomic E-state index is -1.73. The number of carbonyl (C=O) groups excluding carboxylic acids is 2. The summed E-state index contributed by atoms with van der Waals surface area (Å²) >= 11 is 12.3. The molecule has 4 nitrogen and oxygen atoms in total. The van der Waals surface area contributed by atoms with Gasteiger partial charge in [-0.25, -0.2) is 4.39 Å². The largest absolute Gasteiger partial charge is 0.385 e. The summed E-state index contributed by atoms with van der Waals surface area (Å²) in [6, 6.07) is 7.34. The first-order valence-electron chi connectivity index (χ1n) is 8.48. The third kappa shape index (κ3) is 4.15. The molecular formula is C20H18Cl2FNO3. The number of ketones is 1. The molecule has 0 radical (unpaired) electrons. The quantitative estimate of drug-likeness (QED) is 0.496. The second-order valence-corrected chi connectivity index (χ2v) is 7.74. The number of amides is 1. The number of rotatable bonds is 7. The molecule has 1 amide bonds. The topological polar surface area (TPSA) is 66.4 Å². The molecule has 0 aliphatic heterocycles. The SMILES string of the molecule is CC(O)(CC(=O)c1ccc(C2CC2)c(F)c1)c1c(Cl)ccc(Cl)c1NC=O. The average Bonchev–Trinajstić information content (AvgIpc) is 3.42. The van der Waals surface area contributed by atoms with Crippen molar-refractivity contribution in [1.82, 2.24) is 0 Å². The molecule has 7 heteroatoms. The first kappa shape index (κ1) is 19.8. The zero-order valence-corrected chi connectivity index (χ0v) is 16.1. The molecule has 0 spiro atoms. The first-order chi connectivity index (χ1) is 12.7. The van der Waals surface area contributed by atoms with Crippen LogP contribution in [0.3, 0.4) is 0 Å². The van der Waals surface area contributed by atoms with Crippen LogP contribution >= 0.6 is 23.2 Å². The van der Waals surface area contributed by atoms with Crippen LogP contribution in [0.1, 0.15) is 53.6 Å². The molecule has 2 N–H and O–H groups in total. The normalized spacial score (nSPS) is 15.9. The number of benzene rings is 2. The van der Waals surface area contributed by atoms with E-state index in [4.69, 9.17) is 23.2 Å². The lowest BCUT2D eigenvalue weighted by molar-refractivity contribution is -0.105. The molecular weight excluding hydrogens is 392 g/mol. The molecule has 3 rings (SSSR count). The Morgan fingerprint density at radius 3 is 2.56 bits per heavy atom. The van der Waals surface area contributed by atoms with E-state index in [0.717, 1.165) is 12.8 Å². The lowest BCUT2D eigenvalue weighted by Gasteiger charge is -2.27. The Hall–Kier alpha value is -1.95. The van der Waals surface area contributed by atoms with Gasteiger partial charge >= 0.3 is 0 Å². The number of Topliss-reactive ketones (excluding diaryl/α,β-unsaturated/α-hetero) is 1. The van der Waals surface area contributed by atoms with E-state index in [-0.39, 0.29) is 39.2 Å². The smallest absolute Gasteiger partial charge is 0.211 e. The van der Waals surface area contributed by atoms with Gasteiger partial charge in [-0.05, 0) is 49.4 Å². The van der Waals surface area contributed by atoms with Gasteiger partial charge < -0.3 is 10.4 Å². The Morgan fingerprint density at radius 1 is 1.30 bits per heavy atom. The van der Waals surface area contributed by atoms with Crippen LogP contribution < -0.4 is 5.32 Å². The predicted molar refractivity (Wildman–Crippen MR) is 103 cm³/mol. The van der Waals surface area contributed by atoms with Gasteiger partial charge in [0.05, 0.1) is 16.3 Å². The standard InChI is InChI=1S/C20H18Cl2FNO3/c1-20(27,18-14(21)6-7-15(22)19(18)24-10-25)9-17(26)12-4-5-13(11-2-3-11)16(23)8-12/h4-8,10-11,27H,2-3,9H2,1H3,(H,24,25). The summed E-state index contributed by atoms with van der Waals surface area (Å²) in [6.45, 7) is 1.40. The van der Waals surface area contributed by atoms with E-state index in [1.54, 1.807) is 12.1 Å². The van der Waals surface area contributed by atoms with Gasteiger partial charge in [-0.15, -0.1) is 0 Å². The van der Waals surface area contributed by atoms with Crippen molar-refractivity contribution in [1.29, 1.82) is 0 Å². The van der Waals surface area contributed by atoms with Gasteiger partial charge in [-0.1, -0.05) is 35.3 Å². The van der Waals surface area contributed by atoms with Crippen LogP contribution in [0, 0.1) is 5.82 Å². The zero-order chi connectivity index (χ0) is 19.8. The maximum Gasteiger partial charge on any atom is 0.211 e. The Morgan fingerprint density at radius 2 is 1.96 bits per heavy atom. The number of hydrogen-bond acceptors (Lipinski definition) is 3. The number of aliphatic hydroxyl groups is 1. The molecule has 0 bridgehead atoms. The Labute approximate surface area is 166 Å². The zero-order valence-electron chi connectivity index (χ0n) is 14.6. The van der Waals surface area contributed by atoms with E-state index in [2.05, 4.69) is 5.32 Å². The van der Waals surface area contributed by atoms with Crippen molar-refractivity contribution in [3.8, 4) is 0 Å². The van der Waals surface area contributed by atoms with E-state index < -0.39 is 17.2 Å². The number of nitrogens with one attached hydrogen (secondary N) is 1. The molecule has 1 atom stereocenters. The molecule has 1 saturated carbocycles. The highest BCUT2D eigenvalue weighted by atomic mass is 35.5. The maximum absolute atomic E-state index is 14.2. The lowest BCUT2D eigenvalue weighted by atomic mass is 9.87. The highest BCUT2D eigenvalue weighted by Gasteiger charge is 2.33. The highest BCUT2D eigenvalue weighted by molar-refractivity contribution is 6.36. The fraction of sp³-hybridized carbons (Fsp3) is 0.300.